The lowest BCUT2D eigenvalue weighted by Crippen LogP contribution is -2.23. The molecule has 4 nitrogen and oxygen atoms in total. The van der Waals surface area contributed by atoms with E-state index in [4.69, 9.17) is 5.73 Å². The molecule has 0 bridgehead atoms. The number of rotatable bonds is 2. The monoisotopic (exact) mass is 298 g/mol. The van der Waals surface area contributed by atoms with Crippen molar-refractivity contribution < 1.29 is 13.2 Å². The van der Waals surface area contributed by atoms with Gasteiger partial charge >= 0.3 is 6.18 Å². The third kappa shape index (κ3) is 2.88. The van der Waals surface area contributed by atoms with E-state index < -0.39 is 11.9 Å². The Morgan fingerprint density at radius 1 is 1.24 bits per heavy atom. The zero-order valence-electron chi connectivity index (χ0n) is 11.5. The predicted molar refractivity (Wildman–Crippen MR) is 72.6 cm³/mol. The molecule has 0 spiro atoms. The standard InChI is InChI=1S/C14H17F3N4/c15-14(16,17)13-5-10-8-21(20-12(10)7-19-13)11-3-1-9(6-18)2-4-11/h5,7-9,11H,1-4,6,18H2. The van der Waals surface area contributed by atoms with Crippen LogP contribution in [0.5, 0.6) is 0 Å². The van der Waals surface area contributed by atoms with Gasteiger partial charge in [-0.1, -0.05) is 0 Å². The van der Waals surface area contributed by atoms with Crippen LogP contribution in [0.15, 0.2) is 18.5 Å². The fourth-order valence-electron chi connectivity index (χ4n) is 2.93. The molecule has 2 aromatic heterocycles. The Morgan fingerprint density at radius 3 is 2.57 bits per heavy atom. The molecule has 1 aliphatic rings. The molecule has 1 fully saturated rings. The van der Waals surface area contributed by atoms with Gasteiger partial charge in [0.1, 0.15) is 11.2 Å². The molecule has 3 rings (SSSR count). The number of fused-ring (bicyclic) bond motifs is 1. The number of nitrogens with two attached hydrogens (primary N) is 1. The molecule has 0 aliphatic heterocycles. The summed E-state index contributed by atoms with van der Waals surface area (Å²) in [5, 5.41) is 4.85. The zero-order valence-corrected chi connectivity index (χ0v) is 11.5. The Bertz CT molecular complexity index is 627. The first-order valence-corrected chi connectivity index (χ1v) is 7.09. The van der Waals surface area contributed by atoms with Gasteiger partial charge in [-0.3, -0.25) is 4.68 Å². The Balaban J connectivity index is 1.84. The third-order valence-corrected chi connectivity index (χ3v) is 4.22. The highest BCUT2D eigenvalue weighted by atomic mass is 19.4. The molecule has 2 N–H and O–H groups in total. The fourth-order valence-corrected chi connectivity index (χ4v) is 2.93. The van der Waals surface area contributed by atoms with Crippen LogP contribution in [0.2, 0.25) is 0 Å². The highest BCUT2D eigenvalue weighted by Crippen LogP contribution is 2.33. The van der Waals surface area contributed by atoms with Crippen molar-refractivity contribution in [2.24, 2.45) is 11.7 Å². The molecule has 7 heteroatoms. The maximum Gasteiger partial charge on any atom is 0.433 e. The molecular formula is C14H17F3N4. The third-order valence-electron chi connectivity index (χ3n) is 4.22. The molecule has 1 saturated carbocycles. The minimum atomic E-state index is -4.42. The van der Waals surface area contributed by atoms with Crippen LogP contribution in [0.4, 0.5) is 13.2 Å². The number of hydrogen-bond donors (Lipinski definition) is 1. The van der Waals surface area contributed by atoms with Crippen LogP contribution < -0.4 is 5.73 Å². The normalized spacial score (nSPS) is 23.6. The SMILES string of the molecule is NCC1CCC(n2cc3cc(C(F)(F)F)ncc3n2)CC1. The Labute approximate surface area is 120 Å². The van der Waals surface area contributed by atoms with Crippen molar-refractivity contribution in [1.29, 1.82) is 0 Å². The zero-order chi connectivity index (χ0) is 15.0. The van der Waals surface area contributed by atoms with Gasteiger partial charge in [-0.15, -0.1) is 0 Å². The molecule has 0 aromatic carbocycles. The second kappa shape index (κ2) is 5.29. The van der Waals surface area contributed by atoms with E-state index >= 15 is 0 Å². The van der Waals surface area contributed by atoms with Gasteiger partial charge < -0.3 is 5.73 Å². The summed E-state index contributed by atoms with van der Waals surface area (Å²) in [5.74, 6) is 0.560. The van der Waals surface area contributed by atoms with Gasteiger partial charge in [0, 0.05) is 11.6 Å². The minimum Gasteiger partial charge on any atom is -0.330 e. The molecule has 2 heterocycles. The number of hydrogen-bond acceptors (Lipinski definition) is 3. The Kier molecular flexibility index (Phi) is 3.61. The van der Waals surface area contributed by atoms with Crippen LogP contribution >= 0.6 is 0 Å². The highest BCUT2D eigenvalue weighted by molar-refractivity contribution is 5.77. The van der Waals surface area contributed by atoms with Crippen LogP contribution in [0, 0.1) is 5.92 Å². The van der Waals surface area contributed by atoms with Gasteiger partial charge in [-0.05, 0) is 44.2 Å². The van der Waals surface area contributed by atoms with Gasteiger partial charge in [-0.2, -0.15) is 18.3 Å². The smallest absolute Gasteiger partial charge is 0.330 e. The first kappa shape index (κ1) is 14.3. The lowest BCUT2D eigenvalue weighted by molar-refractivity contribution is -0.141. The molecule has 0 unspecified atom stereocenters. The van der Waals surface area contributed by atoms with E-state index in [-0.39, 0.29) is 6.04 Å². The molecular weight excluding hydrogens is 281 g/mol. The topological polar surface area (TPSA) is 56.7 Å². The Hall–Kier alpha value is -1.63. The van der Waals surface area contributed by atoms with Crippen molar-refractivity contribution in [3.63, 3.8) is 0 Å². The summed E-state index contributed by atoms with van der Waals surface area (Å²) in [6.45, 7) is 0.701. The van der Waals surface area contributed by atoms with Crippen LogP contribution in [0.3, 0.4) is 0 Å². The summed E-state index contributed by atoms with van der Waals surface area (Å²) in [6, 6.07) is 1.30. The van der Waals surface area contributed by atoms with Crippen molar-refractivity contribution in [3.05, 3.63) is 24.2 Å². The summed E-state index contributed by atoms with van der Waals surface area (Å²) >= 11 is 0. The van der Waals surface area contributed by atoms with E-state index in [1.807, 2.05) is 0 Å². The highest BCUT2D eigenvalue weighted by Gasteiger charge is 2.33. The van der Waals surface area contributed by atoms with Crippen molar-refractivity contribution in [3.8, 4) is 0 Å². The number of aromatic nitrogens is 3. The van der Waals surface area contributed by atoms with E-state index in [2.05, 4.69) is 10.1 Å². The Morgan fingerprint density at radius 2 is 1.95 bits per heavy atom. The molecule has 0 radical (unpaired) electrons. The minimum absolute atomic E-state index is 0.245. The van der Waals surface area contributed by atoms with Crippen molar-refractivity contribution >= 4 is 10.9 Å². The second-order valence-corrected chi connectivity index (χ2v) is 5.65. The van der Waals surface area contributed by atoms with Crippen LogP contribution in [0.1, 0.15) is 37.4 Å². The van der Waals surface area contributed by atoms with Gasteiger partial charge in [0.15, 0.2) is 0 Å². The largest absolute Gasteiger partial charge is 0.433 e. The summed E-state index contributed by atoms with van der Waals surface area (Å²) in [6.07, 6.45) is 2.49. The molecule has 21 heavy (non-hydrogen) atoms. The molecule has 114 valence electrons. The number of alkyl halides is 3. The van der Waals surface area contributed by atoms with E-state index in [1.54, 1.807) is 10.9 Å². The first-order valence-electron chi connectivity index (χ1n) is 7.09. The van der Waals surface area contributed by atoms with Gasteiger partial charge in [-0.25, -0.2) is 4.98 Å². The van der Waals surface area contributed by atoms with Crippen molar-refractivity contribution in [1.82, 2.24) is 14.8 Å². The summed E-state index contributed by atoms with van der Waals surface area (Å²) in [4.78, 5) is 3.44. The van der Waals surface area contributed by atoms with Crippen molar-refractivity contribution in [2.45, 2.75) is 37.9 Å². The quantitative estimate of drug-likeness (QED) is 0.926. The van der Waals surface area contributed by atoms with E-state index in [0.29, 0.717) is 23.4 Å². The molecule has 1 aliphatic carbocycles. The van der Waals surface area contributed by atoms with Crippen LogP contribution in [-0.4, -0.2) is 21.3 Å². The number of halogens is 3. The van der Waals surface area contributed by atoms with E-state index in [9.17, 15) is 13.2 Å². The average molecular weight is 298 g/mol. The van der Waals surface area contributed by atoms with Gasteiger partial charge in [0.25, 0.3) is 0 Å². The fraction of sp³-hybridized carbons (Fsp3) is 0.571. The predicted octanol–water partition coefficient (Wildman–Crippen LogP) is 3.14. The lowest BCUT2D eigenvalue weighted by Gasteiger charge is -2.27. The number of pyridine rings is 1. The molecule has 0 saturated heterocycles. The van der Waals surface area contributed by atoms with E-state index in [1.165, 1.54) is 6.20 Å². The van der Waals surface area contributed by atoms with Gasteiger partial charge in [0.05, 0.1) is 12.2 Å². The second-order valence-electron chi connectivity index (χ2n) is 5.65. The number of nitrogens with zero attached hydrogens (tertiary/aromatic N) is 3. The van der Waals surface area contributed by atoms with Crippen LogP contribution in [0.25, 0.3) is 10.9 Å². The first-order chi connectivity index (χ1) is 9.97. The molecule has 0 amide bonds. The van der Waals surface area contributed by atoms with Crippen LogP contribution in [-0.2, 0) is 6.18 Å². The van der Waals surface area contributed by atoms with E-state index in [0.717, 1.165) is 31.7 Å². The molecule has 2 aromatic rings. The maximum atomic E-state index is 12.7. The summed E-state index contributed by atoms with van der Waals surface area (Å²) in [7, 11) is 0. The molecule has 0 atom stereocenters. The lowest BCUT2D eigenvalue weighted by atomic mass is 9.86. The van der Waals surface area contributed by atoms with Gasteiger partial charge in [0.2, 0.25) is 0 Å². The summed E-state index contributed by atoms with van der Waals surface area (Å²) < 4.78 is 39.8. The van der Waals surface area contributed by atoms with Crippen molar-refractivity contribution in [2.75, 3.05) is 6.54 Å². The maximum absolute atomic E-state index is 12.7. The summed E-state index contributed by atoms with van der Waals surface area (Å²) in [5.41, 5.74) is 5.30. The average Bonchev–Trinajstić information content (AvgIpc) is 2.89.